The van der Waals surface area contributed by atoms with E-state index in [1.54, 1.807) is 25.3 Å². The highest BCUT2D eigenvalue weighted by Gasteiger charge is 2.09. The third-order valence-electron chi connectivity index (χ3n) is 4.15. The molecule has 3 aromatic carbocycles. The van der Waals surface area contributed by atoms with Crippen LogP contribution in [0.4, 0.5) is 0 Å². The van der Waals surface area contributed by atoms with E-state index in [9.17, 15) is 4.79 Å². The van der Waals surface area contributed by atoms with Gasteiger partial charge in [-0.05, 0) is 66.7 Å². The lowest BCUT2D eigenvalue weighted by Crippen LogP contribution is -1.94. The zero-order valence-electron chi connectivity index (χ0n) is 14.5. The summed E-state index contributed by atoms with van der Waals surface area (Å²) in [7, 11) is 1.62. The molecule has 0 spiro atoms. The van der Waals surface area contributed by atoms with E-state index in [2.05, 4.69) is 9.97 Å². The van der Waals surface area contributed by atoms with Gasteiger partial charge in [0.25, 0.3) is 0 Å². The summed E-state index contributed by atoms with van der Waals surface area (Å²) in [4.78, 5) is 18.8. The Morgan fingerprint density at radius 2 is 1.56 bits per heavy atom. The molecule has 0 atom stereocenters. The van der Waals surface area contributed by atoms with Crippen molar-refractivity contribution in [3.05, 3.63) is 72.3 Å². The Morgan fingerprint density at radius 1 is 0.926 bits per heavy atom. The Bertz CT molecular complexity index is 1100. The highest BCUT2D eigenvalue weighted by Crippen LogP contribution is 2.27. The minimum Gasteiger partial charge on any atom is -0.497 e. The normalized spacial score (nSPS) is 10.7. The van der Waals surface area contributed by atoms with Crippen molar-refractivity contribution in [2.24, 2.45) is 0 Å². The third kappa shape index (κ3) is 3.46. The molecule has 2 N–H and O–H groups in total. The molecule has 0 saturated heterocycles. The number of fused-ring (bicyclic) bond motifs is 1. The number of carboxylic acids is 1. The van der Waals surface area contributed by atoms with E-state index in [0.717, 1.165) is 11.3 Å². The van der Waals surface area contributed by atoms with Crippen LogP contribution in [0.1, 0.15) is 10.4 Å². The molecular weight excluding hydrogens is 344 g/mol. The number of ether oxygens (including phenoxy) is 2. The van der Waals surface area contributed by atoms with Crippen molar-refractivity contribution in [1.29, 1.82) is 0 Å². The van der Waals surface area contributed by atoms with Crippen molar-refractivity contribution >= 4 is 17.0 Å². The monoisotopic (exact) mass is 360 g/mol. The summed E-state index contributed by atoms with van der Waals surface area (Å²) >= 11 is 0. The first kappa shape index (κ1) is 16.7. The summed E-state index contributed by atoms with van der Waals surface area (Å²) in [6.45, 7) is 0. The van der Waals surface area contributed by atoms with Crippen molar-refractivity contribution in [3.8, 4) is 28.6 Å². The van der Waals surface area contributed by atoms with Crippen LogP contribution in [0.5, 0.6) is 17.2 Å². The molecule has 0 bridgehead atoms. The van der Waals surface area contributed by atoms with Crippen LogP contribution in [0.15, 0.2) is 66.7 Å². The summed E-state index contributed by atoms with van der Waals surface area (Å²) < 4.78 is 10.9. The number of aromatic amines is 1. The molecule has 4 aromatic rings. The smallest absolute Gasteiger partial charge is 0.335 e. The first-order valence-electron chi connectivity index (χ1n) is 8.28. The molecule has 0 amide bonds. The number of benzene rings is 3. The highest BCUT2D eigenvalue weighted by molar-refractivity contribution is 5.93. The Morgan fingerprint density at radius 3 is 2.19 bits per heavy atom. The van der Waals surface area contributed by atoms with E-state index in [-0.39, 0.29) is 5.56 Å². The van der Waals surface area contributed by atoms with Gasteiger partial charge in [0.2, 0.25) is 0 Å². The lowest BCUT2D eigenvalue weighted by Gasteiger charge is -2.07. The number of methoxy groups -OCH3 is 1. The van der Waals surface area contributed by atoms with Gasteiger partial charge >= 0.3 is 5.97 Å². The zero-order valence-corrected chi connectivity index (χ0v) is 14.5. The van der Waals surface area contributed by atoms with Crippen LogP contribution in [0, 0.1) is 0 Å². The van der Waals surface area contributed by atoms with Gasteiger partial charge in [-0.3, -0.25) is 0 Å². The van der Waals surface area contributed by atoms with Crippen LogP contribution >= 0.6 is 0 Å². The van der Waals surface area contributed by atoms with Crippen molar-refractivity contribution in [2.75, 3.05) is 7.11 Å². The number of aromatic nitrogens is 2. The summed E-state index contributed by atoms with van der Waals surface area (Å²) in [6.07, 6.45) is 0. The highest BCUT2D eigenvalue weighted by atomic mass is 16.5. The lowest BCUT2D eigenvalue weighted by molar-refractivity contribution is 0.0697. The maximum atomic E-state index is 11.1. The first-order chi connectivity index (χ1) is 13.1. The summed E-state index contributed by atoms with van der Waals surface area (Å²) in [5.41, 5.74) is 2.50. The molecule has 0 aliphatic heterocycles. The second kappa shape index (κ2) is 6.84. The van der Waals surface area contributed by atoms with Gasteiger partial charge in [-0.2, -0.15) is 0 Å². The first-order valence-corrected chi connectivity index (χ1v) is 8.28. The fourth-order valence-electron chi connectivity index (χ4n) is 2.74. The molecule has 4 rings (SSSR count). The Labute approximate surface area is 155 Å². The van der Waals surface area contributed by atoms with Crippen LogP contribution in [0.3, 0.4) is 0 Å². The Kier molecular flexibility index (Phi) is 4.22. The number of imidazole rings is 1. The Balaban J connectivity index is 1.56. The number of H-pyrrole nitrogens is 1. The molecule has 27 heavy (non-hydrogen) atoms. The van der Waals surface area contributed by atoms with Crippen molar-refractivity contribution < 1.29 is 19.4 Å². The van der Waals surface area contributed by atoms with E-state index in [4.69, 9.17) is 14.6 Å². The van der Waals surface area contributed by atoms with Gasteiger partial charge in [0.05, 0.1) is 23.7 Å². The predicted octanol–water partition coefficient (Wildman–Crippen LogP) is 4.73. The summed E-state index contributed by atoms with van der Waals surface area (Å²) in [6, 6.07) is 19.7. The van der Waals surface area contributed by atoms with Crippen molar-refractivity contribution in [3.63, 3.8) is 0 Å². The van der Waals surface area contributed by atoms with E-state index < -0.39 is 5.97 Å². The SMILES string of the molecule is COc1ccc(Oc2ccc(-c3nc4ccc(C(=O)O)cc4[nH]3)cc2)cc1. The number of carboxylic acid groups (broad SMARTS) is 1. The van der Waals surface area contributed by atoms with Crippen LogP contribution in [0.2, 0.25) is 0 Å². The van der Waals surface area contributed by atoms with Gasteiger partial charge in [-0.15, -0.1) is 0 Å². The number of carbonyl (C=O) groups is 1. The van der Waals surface area contributed by atoms with E-state index in [1.165, 1.54) is 0 Å². The van der Waals surface area contributed by atoms with E-state index in [0.29, 0.717) is 28.4 Å². The minimum atomic E-state index is -0.965. The van der Waals surface area contributed by atoms with Gasteiger partial charge in [0, 0.05) is 5.56 Å². The predicted molar refractivity (Wildman–Crippen MR) is 102 cm³/mol. The molecule has 6 nitrogen and oxygen atoms in total. The molecule has 0 aliphatic rings. The second-order valence-electron chi connectivity index (χ2n) is 5.92. The average Bonchev–Trinajstić information content (AvgIpc) is 3.12. The van der Waals surface area contributed by atoms with E-state index >= 15 is 0 Å². The van der Waals surface area contributed by atoms with Gasteiger partial charge in [0.15, 0.2) is 0 Å². The lowest BCUT2D eigenvalue weighted by atomic mass is 10.2. The molecule has 1 heterocycles. The molecule has 134 valence electrons. The maximum Gasteiger partial charge on any atom is 0.335 e. The van der Waals surface area contributed by atoms with Gasteiger partial charge in [-0.1, -0.05) is 0 Å². The van der Waals surface area contributed by atoms with Gasteiger partial charge in [0.1, 0.15) is 23.1 Å². The Hall–Kier alpha value is -3.80. The molecule has 0 unspecified atom stereocenters. The number of hydrogen-bond donors (Lipinski definition) is 2. The summed E-state index contributed by atoms with van der Waals surface area (Å²) in [5, 5.41) is 9.09. The number of nitrogens with zero attached hydrogens (tertiary/aromatic N) is 1. The zero-order chi connectivity index (χ0) is 18.8. The number of aromatic carboxylic acids is 1. The quantitative estimate of drug-likeness (QED) is 0.537. The molecule has 0 fully saturated rings. The van der Waals surface area contributed by atoms with Gasteiger partial charge < -0.3 is 19.6 Å². The fourth-order valence-corrected chi connectivity index (χ4v) is 2.74. The number of nitrogens with one attached hydrogen (secondary N) is 1. The fraction of sp³-hybridized carbons (Fsp3) is 0.0476. The molecule has 0 aliphatic carbocycles. The van der Waals surface area contributed by atoms with Crippen LogP contribution in [-0.2, 0) is 0 Å². The maximum absolute atomic E-state index is 11.1. The van der Waals surface area contributed by atoms with Gasteiger partial charge in [-0.25, -0.2) is 9.78 Å². The van der Waals surface area contributed by atoms with Crippen LogP contribution < -0.4 is 9.47 Å². The minimum absolute atomic E-state index is 0.223. The molecule has 0 saturated carbocycles. The number of rotatable bonds is 5. The second-order valence-corrected chi connectivity index (χ2v) is 5.92. The molecule has 6 heteroatoms. The average molecular weight is 360 g/mol. The van der Waals surface area contributed by atoms with E-state index in [1.807, 2.05) is 48.5 Å². The van der Waals surface area contributed by atoms with Crippen LogP contribution in [-0.4, -0.2) is 28.2 Å². The molecule has 1 aromatic heterocycles. The summed E-state index contributed by atoms with van der Waals surface area (Å²) in [5.74, 6) is 1.90. The number of hydrogen-bond acceptors (Lipinski definition) is 4. The van der Waals surface area contributed by atoms with Crippen molar-refractivity contribution in [2.45, 2.75) is 0 Å². The topological polar surface area (TPSA) is 84.4 Å². The third-order valence-corrected chi connectivity index (χ3v) is 4.15. The van der Waals surface area contributed by atoms with Crippen molar-refractivity contribution in [1.82, 2.24) is 9.97 Å². The molecule has 0 radical (unpaired) electrons. The largest absolute Gasteiger partial charge is 0.497 e. The molecular formula is C21H16N2O4. The van der Waals surface area contributed by atoms with Crippen LogP contribution in [0.25, 0.3) is 22.4 Å². The standard InChI is InChI=1S/C21H16N2O4/c1-26-15-7-9-17(10-8-15)27-16-5-2-13(3-6-16)20-22-18-11-4-14(21(24)25)12-19(18)23-20/h2-12H,1H3,(H,22,23)(H,24,25).